The van der Waals surface area contributed by atoms with Gasteiger partial charge in [-0.15, -0.1) is 0 Å². The minimum absolute atomic E-state index is 0.0128. The van der Waals surface area contributed by atoms with E-state index in [2.05, 4.69) is 21.3 Å². The van der Waals surface area contributed by atoms with E-state index in [-0.39, 0.29) is 47.2 Å². The van der Waals surface area contributed by atoms with Crippen LogP contribution in [0.1, 0.15) is 48.4 Å². The maximum atomic E-state index is 13.7. The fourth-order valence-electron chi connectivity index (χ4n) is 3.93. The number of nitrogens with one attached hydrogen (secondary N) is 4. The number of hydrogen-bond acceptors (Lipinski definition) is 10. The Kier molecular flexibility index (Phi) is 9.65. The standard InChI is InChI=1S/C28H28N4O10/c1-5-41-19-11-15(7-9-17(19)27(37)38)31-23-21(29-13(3)33)26(36)24(22(25(23)35)30-14(4)34)32-16-8-10-18(28(39)40)20(12-16)42-6-2/h7-12,31-32H,5-6H2,1-4H3,(H,29,33)(H,30,34)(H,37,38)(H,39,40). The number of benzene rings is 2. The molecule has 14 heteroatoms. The van der Waals surface area contributed by atoms with E-state index in [1.165, 1.54) is 36.4 Å². The minimum atomic E-state index is -1.25. The Balaban J connectivity index is 2.13. The number of ether oxygens (including phenoxy) is 2. The summed E-state index contributed by atoms with van der Waals surface area (Å²) in [5, 5.41) is 29.0. The highest BCUT2D eigenvalue weighted by molar-refractivity contribution is 6.28. The van der Waals surface area contributed by atoms with Crippen LogP contribution in [-0.2, 0) is 19.2 Å². The van der Waals surface area contributed by atoms with E-state index in [1.807, 2.05) is 0 Å². The third-order valence-electron chi connectivity index (χ3n) is 5.57. The molecule has 3 rings (SSSR count). The second-order valence-corrected chi connectivity index (χ2v) is 8.67. The number of ketones is 2. The summed E-state index contributed by atoms with van der Waals surface area (Å²) in [4.78, 5) is 74.7. The molecule has 0 unspecified atom stereocenters. The number of carbonyl (C=O) groups is 6. The van der Waals surface area contributed by atoms with Crippen LogP contribution in [0.4, 0.5) is 11.4 Å². The van der Waals surface area contributed by atoms with Crippen LogP contribution in [-0.4, -0.2) is 58.7 Å². The van der Waals surface area contributed by atoms with Gasteiger partial charge in [0.25, 0.3) is 0 Å². The first-order chi connectivity index (χ1) is 19.9. The van der Waals surface area contributed by atoms with Gasteiger partial charge in [-0.05, 0) is 38.1 Å². The molecule has 0 bridgehead atoms. The lowest BCUT2D eigenvalue weighted by Crippen LogP contribution is -2.42. The summed E-state index contributed by atoms with van der Waals surface area (Å²) < 4.78 is 10.8. The number of anilines is 2. The Bertz CT molecular complexity index is 1440. The zero-order valence-corrected chi connectivity index (χ0v) is 23.0. The van der Waals surface area contributed by atoms with Gasteiger partial charge in [0.2, 0.25) is 23.4 Å². The van der Waals surface area contributed by atoms with E-state index in [9.17, 15) is 39.0 Å². The van der Waals surface area contributed by atoms with Crippen molar-refractivity contribution in [3.8, 4) is 11.5 Å². The second-order valence-electron chi connectivity index (χ2n) is 8.67. The van der Waals surface area contributed by atoms with E-state index < -0.39 is 58.1 Å². The highest BCUT2D eigenvalue weighted by Gasteiger charge is 2.37. The lowest BCUT2D eigenvalue weighted by molar-refractivity contribution is -0.122. The molecule has 14 nitrogen and oxygen atoms in total. The van der Waals surface area contributed by atoms with Crippen molar-refractivity contribution in [3.05, 3.63) is 70.3 Å². The first-order valence-corrected chi connectivity index (χ1v) is 12.5. The van der Waals surface area contributed by atoms with E-state index >= 15 is 0 Å². The molecule has 0 heterocycles. The average Bonchev–Trinajstić information content (AvgIpc) is 2.91. The highest BCUT2D eigenvalue weighted by atomic mass is 16.5. The van der Waals surface area contributed by atoms with Gasteiger partial charge in [-0.2, -0.15) is 0 Å². The molecular weight excluding hydrogens is 552 g/mol. The molecule has 0 spiro atoms. The van der Waals surface area contributed by atoms with Gasteiger partial charge in [0, 0.05) is 37.4 Å². The number of hydrogen-bond donors (Lipinski definition) is 6. The van der Waals surface area contributed by atoms with Crippen molar-refractivity contribution in [3.63, 3.8) is 0 Å². The molecule has 0 aliphatic heterocycles. The average molecular weight is 581 g/mol. The topological polar surface area (TPSA) is 209 Å². The molecule has 0 saturated carbocycles. The molecule has 0 aromatic heterocycles. The number of amides is 2. The summed E-state index contributed by atoms with van der Waals surface area (Å²) in [5.74, 6) is -5.69. The first kappa shape index (κ1) is 30.9. The fraction of sp³-hybridized carbons (Fsp3) is 0.214. The highest BCUT2D eigenvalue weighted by Crippen LogP contribution is 2.30. The van der Waals surface area contributed by atoms with Crippen LogP contribution in [0.25, 0.3) is 0 Å². The number of aromatic carboxylic acids is 2. The molecule has 1 aliphatic rings. The molecule has 6 N–H and O–H groups in total. The number of carboxylic acid groups (broad SMARTS) is 2. The molecule has 220 valence electrons. The van der Waals surface area contributed by atoms with E-state index in [1.54, 1.807) is 13.8 Å². The Morgan fingerprint density at radius 2 is 1.00 bits per heavy atom. The summed E-state index contributed by atoms with van der Waals surface area (Å²) in [5.41, 5.74) is -1.74. The van der Waals surface area contributed by atoms with Crippen molar-refractivity contribution in [2.75, 3.05) is 23.8 Å². The predicted molar refractivity (Wildman–Crippen MR) is 148 cm³/mol. The summed E-state index contributed by atoms with van der Waals surface area (Å²) in [6.45, 7) is 5.83. The van der Waals surface area contributed by atoms with Gasteiger partial charge in [0.05, 0.1) is 13.2 Å². The normalized spacial score (nSPS) is 13.0. The summed E-state index contributed by atoms with van der Waals surface area (Å²) in [6.07, 6.45) is 0. The quantitative estimate of drug-likeness (QED) is 0.200. The molecule has 2 aromatic rings. The lowest BCUT2D eigenvalue weighted by Gasteiger charge is -2.25. The molecule has 0 radical (unpaired) electrons. The largest absolute Gasteiger partial charge is 0.493 e. The molecule has 2 aromatic carbocycles. The third-order valence-corrected chi connectivity index (χ3v) is 5.57. The van der Waals surface area contributed by atoms with Crippen LogP contribution in [0.5, 0.6) is 11.5 Å². The molecule has 1 aliphatic carbocycles. The Morgan fingerprint density at radius 3 is 1.29 bits per heavy atom. The van der Waals surface area contributed by atoms with Gasteiger partial charge in [0.15, 0.2) is 0 Å². The number of carbonyl (C=O) groups excluding carboxylic acids is 4. The summed E-state index contributed by atoms with van der Waals surface area (Å²) >= 11 is 0. The van der Waals surface area contributed by atoms with Gasteiger partial charge in [-0.25, -0.2) is 9.59 Å². The molecular formula is C28H28N4O10. The second kappa shape index (κ2) is 13.1. The molecule has 0 saturated heterocycles. The summed E-state index contributed by atoms with van der Waals surface area (Å²) in [7, 11) is 0. The Morgan fingerprint density at radius 1 is 0.643 bits per heavy atom. The Labute approximate surface area is 239 Å². The van der Waals surface area contributed by atoms with Gasteiger partial charge < -0.3 is 41.0 Å². The van der Waals surface area contributed by atoms with Crippen LogP contribution in [0.3, 0.4) is 0 Å². The maximum absolute atomic E-state index is 13.7. The van der Waals surface area contributed by atoms with Gasteiger partial charge in [-0.1, -0.05) is 0 Å². The van der Waals surface area contributed by atoms with Crippen LogP contribution in [0.15, 0.2) is 59.2 Å². The van der Waals surface area contributed by atoms with Crippen molar-refractivity contribution in [2.24, 2.45) is 0 Å². The van der Waals surface area contributed by atoms with Crippen LogP contribution in [0, 0.1) is 0 Å². The fourth-order valence-corrected chi connectivity index (χ4v) is 3.93. The molecule has 0 atom stereocenters. The van der Waals surface area contributed by atoms with Crippen molar-refractivity contribution >= 4 is 46.7 Å². The third kappa shape index (κ3) is 6.91. The van der Waals surface area contributed by atoms with Crippen molar-refractivity contribution in [2.45, 2.75) is 27.7 Å². The minimum Gasteiger partial charge on any atom is -0.493 e. The molecule has 2 amide bonds. The van der Waals surface area contributed by atoms with Gasteiger partial charge in [-0.3, -0.25) is 19.2 Å². The van der Waals surface area contributed by atoms with Crippen LogP contribution < -0.4 is 30.7 Å². The number of carboxylic acids is 2. The van der Waals surface area contributed by atoms with Crippen molar-refractivity contribution in [1.82, 2.24) is 10.6 Å². The van der Waals surface area contributed by atoms with E-state index in [0.29, 0.717) is 0 Å². The Hall–Kier alpha value is -5.66. The van der Waals surface area contributed by atoms with Gasteiger partial charge in [0.1, 0.15) is 45.4 Å². The van der Waals surface area contributed by atoms with E-state index in [0.717, 1.165) is 13.8 Å². The van der Waals surface area contributed by atoms with Crippen molar-refractivity contribution < 1.29 is 48.5 Å². The molecule has 0 fully saturated rings. The first-order valence-electron chi connectivity index (χ1n) is 12.5. The number of rotatable bonds is 12. The monoisotopic (exact) mass is 580 g/mol. The van der Waals surface area contributed by atoms with Crippen molar-refractivity contribution in [1.29, 1.82) is 0 Å². The zero-order valence-electron chi connectivity index (χ0n) is 23.0. The van der Waals surface area contributed by atoms with Gasteiger partial charge >= 0.3 is 11.9 Å². The maximum Gasteiger partial charge on any atom is 0.339 e. The SMILES string of the molecule is CCOc1cc(NC2=C(NC(C)=O)C(=O)C(Nc3ccc(C(=O)O)c(OCC)c3)=C(NC(C)=O)C2=O)ccc1C(=O)O. The lowest BCUT2D eigenvalue weighted by atomic mass is 9.97. The smallest absolute Gasteiger partial charge is 0.339 e. The van der Waals surface area contributed by atoms with Crippen LogP contribution >= 0.6 is 0 Å². The summed E-state index contributed by atoms with van der Waals surface area (Å²) in [6, 6.07) is 7.74. The number of Topliss-reactive ketones (excluding diaryl/α,β-unsaturated/α-hetero) is 2. The zero-order chi connectivity index (χ0) is 31.1. The van der Waals surface area contributed by atoms with Crippen LogP contribution in [0.2, 0.25) is 0 Å². The molecule has 42 heavy (non-hydrogen) atoms. The predicted octanol–water partition coefficient (Wildman–Crippen LogP) is 2.25. The van der Waals surface area contributed by atoms with E-state index in [4.69, 9.17) is 9.47 Å².